The number of thiazole rings is 1. The van der Waals surface area contributed by atoms with E-state index in [4.69, 9.17) is 9.15 Å². The lowest BCUT2D eigenvalue weighted by Gasteiger charge is -2.30. The van der Waals surface area contributed by atoms with Crippen molar-refractivity contribution in [1.82, 2.24) is 20.1 Å². The van der Waals surface area contributed by atoms with E-state index in [1.54, 1.807) is 4.90 Å². The van der Waals surface area contributed by atoms with Crippen molar-refractivity contribution in [2.45, 2.75) is 45.6 Å². The minimum atomic E-state index is -0.383. The van der Waals surface area contributed by atoms with Gasteiger partial charge in [0.1, 0.15) is 5.69 Å². The maximum atomic E-state index is 12.7. The molecule has 1 aliphatic rings. The molecule has 0 bridgehead atoms. The predicted molar refractivity (Wildman–Crippen MR) is 89.2 cm³/mol. The second-order valence-corrected chi connectivity index (χ2v) is 7.36. The first-order chi connectivity index (χ1) is 11.5. The minimum absolute atomic E-state index is 0.0740. The lowest BCUT2D eigenvalue weighted by molar-refractivity contribution is -0.0352. The first-order valence-electron chi connectivity index (χ1n) is 8.15. The quantitative estimate of drug-likeness (QED) is 0.843. The zero-order valence-corrected chi connectivity index (χ0v) is 15.2. The van der Waals surface area contributed by atoms with E-state index >= 15 is 0 Å². The smallest absolute Gasteiger partial charge is 0.273 e. The SMILES string of the molecule is CC(C)c1nnc([C@H]2CN(C(=O)c3csc(C(C)C)n3)CCO2)o1. The van der Waals surface area contributed by atoms with Crippen LogP contribution >= 0.6 is 11.3 Å². The molecule has 0 aliphatic carbocycles. The Hall–Kier alpha value is -1.80. The molecule has 1 amide bonds. The molecule has 0 radical (unpaired) electrons. The molecule has 130 valence electrons. The second kappa shape index (κ2) is 6.98. The third-order valence-corrected chi connectivity index (χ3v) is 4.96. The predicted octanol–water partition coefficient (Wildman–Crippen LogP) is 2.99. The van der Waals surface area contributed by atoms with Crippen molar-refractivity contribution in [3.8, 4) is 0 Å². The molecule has 0 unspecified atom stereocenters. The molecular weight excluding hydrogens is 328 g/mol. The van der Waals surface area contributed by atoms with Crippen LogP contribution in [0.2, 0.25) is 0 Å². The Kier molecular flexibility index (Phi) is 4.96. The summed E-state index contributed by atoms with van der Waals surface area (Å²) in [5.41, 5.74) is 0.498. The van der Waals surface area contributed by atoms with Crippen molar-refractivity contribution in [3.05, 3.63) is 27.9 Å². The molecule has 0 aromatic carbocycles. The van der Waals surface area contributed by atoms with Gasteiger partial charge in [0.05, 0.1) is 18.2 Å². The minimum Gasteiger partial charge on any atom is -0.422 e. The van der Waals surface area contributed by atoms with Crippen molar-refractivity contribution in [1.29, 1.82) is 0 Å². The molecular formula is C16H22N4O3S. The number of ether oxygens (including phenoxy) is 1. The van der Waals surface area contributed by atoms with E-state index in [0.29, 0.717) is 43.1 Å². The van der Waals surface area contributed by atoms with E-state index in [1.165, 1.54) is 11.3 Å². The monoisotopic (exact) mass is 350 g/mol. The maximum Gasteiger partial charge on any atom is 0.273 e. The van der Waals surface area contributed by atoms with Crippen LogP contribution in [0.25, 0.3) is 0 Å². The summed E-state index contributed by atoms with van der Waals surface area (Å²) in [5, 5.41) is 10.9. The van der Waals surface area contributed by atoms with Crippen molar-refractivity contribution < 1.29 is 13.9 Å². The molecule has 8 heteroatoms. The van der Waals surface area contributed by atoms with Gasteiger partial charge in [0.15, 0.2) is 6.10 Å². The Morgan fingerprint density at radius 2 is 2.08 bits per heavy atom. The zero-order chi connectivity index (χ0) is 17.3. The third kappa shape index (κ3) is 3.49. The van der Waals surface area contributed by atoms with Gasteiger partial charge >= 0.3 is 0 Å². The first-order valence-corrected chi connectivity index (χ1v) is 9.03. The fraction of sp³-hybridized carbons (Fsp3) is 0.625. The molecule has 7 nitrogen and oxygen atoms in total. The summed E-state index contributed by atoms with van der Waals surface area (Å²) in [5.74, 6) is 1.42. The Labute approximate surface area is 145 Å². The molecule has 1 atom stereocenters. The van der Waals surface area contributed by atoms with Crippen LogP contribution in [0.1, 0.15) is 72.9 Å². The molecule has 3 rings (SSSR count). The Morgan fingerprint density at radius 3 is 2.71 bits per heavy atom. The number of carbonyl (C=O) groups is 1. The Balaban J connectivity index is 1.71. The van der Waals surface area contributed by atoms with Crippen molar-refractivity contribution in [2.24, 2.45) is 0 Å². The summed E-state index contributed by atoms with van der Waals surface area (Å²) in [6, 6.07) is 0. The van der Waals surface area contributed by atoms with Crippen molar-refractivity contribution >= 4 is 17.2 Å². The van der Waals surface area contributed by atoms with Gasteiger partial charge in [-0.1, -0.05) is 27.7 Å². The summed E-state index contributed by atoms with van der Waals surface area (Å²) in [6.45, 7) is 9.49. The number of aromatic nitrogens is 3. The number of hydrogen-bond acceptors (Lipinski definition) is 7. The van der Waals surface area contributed by atoms with Gasteiger partial charge in [0.2, 0.25) is 11.8 Å². The van der Waals surface area contributed by atoms with Crippen LogP contribution < -0.4 is 0 Å². The van der Waals surface area contributed by atoms with E-state index in [0.717, 1.165) is 5.01 Å². The topological polar surface area (TPSA) is 81.4 Å². The van der Waals surface area contributed by atoms with Crippen LogP contribution in [-0.2, 0) is 4.74 Å². The second-order valence-electron chi connectivity index (χ2n) is 6.47. The van der Waals surface area contributed by atoms with E-state index in [1.807, 2.05) is 19.2 Å². The number of carbonyl (C=O) groups excluding carboxylic acids is 1. The van der Waals surface area contributed by atoms with E-state index in [2.05, 4.69) is 29.0 Å². The lowest BCUT2D eigenvalue weighted by Crippen LogP contribution is -2.42. The molecule has 3 heterocycles. The summed E-state index contributed by atoms with van der Waals surface area (Å²) >= 11 is 1.52. The number of rotatable bonds is 4. The van der Waals surface area contributed by atoms with Crippen LogP contribution in [0.5, 0.6) is 0 Å². The normalized spacial score (nSPS) is 18.6. The summed E-state index contributed by atoms with van der Waals surface area (Å²) in [6.07, 6.45) is -0.383. The summed E-state index contributed by atoms with van der Waals surface area (Å²) in [4.78, 5) is 18.9. The molecule has 24 heavy (non-hydrogen) atoms. The van der Waals surface area contributed by atoms with Gasteiger partial charge in [0.25, 0.3) is 5.91 Å². The zero-order valence-electron chi connectivity index (χ0n) is 14.4. The third-order valence-electron chi connectivity index (χ3n) is 3.81. The summed E-state index contributed by atoms with van der Waals surface area (Å²) in [7, 11) is 0. The molecule has 2 aromatic heterocycles. The molecule has 1 saturated heterocycles. The molecule has 2 aromatic rings. The summed E-state index contributed by atoms with van der Waals surface area (Å²) < 4.78 is 11.4. The van der Waals surface area contributed by atoms with Crippen molar-refractivity contribution in [3.63, 3.8) is 0 Å². The van der Waals surface area contributed by atoms with Gasteiger partial charge in [-0.25, -0.2) is 4.98 Å². The lowest BCUT2D eigenvalue weighted by atomic mass is 10.2. The highest BCUT2D eigenvalue weighted by molar-refractivity contribution is 7.09. The number of nitrogens with zero attached hydrogens (tertiary/aromatic N) is 4. The van der Waals surface area contributed by atoms with Gasteiger partial charge in [-0.15, -0.1) is 21.5 Å². The van der Waals surface area contributed by atoms with E-state index < -0.39 is 0 Å². The highest BCUT2D eigenvalue weighted by atomic mass is 32.1. The molecule has 1 aliphatic heterocycles. The molecule has 0 N–H and O–H groups in total. The van der Waals surface area contributed by atoms with Crippen molar-refractivity contribution in [2.75, 3.05) is 19.7 Å². The van der Waals surface area contributed by atoms with Crippen LogP contribution in [0.15, 0.2) is 9.80 Å². The first kappa shape index (κ1) is 17.0. The number of hydrogen-bond donors (Lipinski definition) is 0. The van der Waals surface area contributed by atoms with Crippen LogP contribution in [0, 0.1) is 0 Å². The fourth-order valence-electron chi connectivity index (χ4n) is 2.41. The van der Waals surface area contributed by atoms with Crippen LogP contribution in [-0.4, -0.2) is 45.7 Å². The number of morpholine rings is 1. The maximum absolute atomic E-state index is 12.7. The largest absolute Gasteiger partial charge is 0.422 e. The van der Waals surface area contributed by atoms with Gasteiger partial charge < -0.3 is 14.1 Å². The van der Waals surface area contributed by atoms with Crippen LogP contribution in [0.4, 0.5) is 0 Å². The molecule has 0 spiro atoms. The van der Waals surface area contributed by atoms with Gasteiger partial charge in [-0.2, -0.15) is 0 Å². The van der Waals surface area contributed by atoms with Crippen LogP contribution in [0.3, 0.4) is 0 Å². The standard InChI is InChI=1S/C16H22N4O3S/c1-9(2)13-18-19-14(23-13)12-7-20(5-6-22-12)16(21)11-8-24-15(17-11)10(3)4/h8-10,12H,5-7H2,1-4H3/t12-/m1/s1. The number of amides is 1. The molecule has 0 saturated carbocycles. The fourth-order valence-corrected chi connectivity index (χ4v) is 3.22. The van der Waals surface area contributed by atoms with Gasteiger partial charge in [-0.05, 0) is 0 Å². The van der Waals surface area contributed by atoms with E-state index in [-0.39, 0.29) is 17.9 Å². The highest BCUT2D eigenvalue weighted by Crippen LogP contribution is 2.25. The van der Waals surface area contributed by atoms with Gasteiger partial charge in [-0.3, -0.25) is 4.79 Å². The van der Waals surface area contributed by atoms with E-state index in [9.17, 15) is 4.79 Å². The average Bonchev–Trinajstić information content (AvgIpc) is 3.24. The molecule has 1 fully saturated rings. The average molecular weight is 350 g/mol. The Morgan fingerprint density at radius 1 is 1.29 bits per heavy atom. The highest BCUT2D eigenvalue weighted by Gasteiger charge is 2.31. The Bertz CT molecular complexity index is 710. The van der Waals surface area contributed by atoms with Gasteiger partial charge in [0, 0.05) is 23.8 Å².